The van der Waals surface area contributed by atoms with Crippen molar-refractivity contribution in [3.8, 4) is 0 Å². The molecule has 0 saturated carbocycles. The minimum Gasteiger partial charge on any atom is -0.457 e. The molecule has 1 aromatic rings. The molecule has 1 heterocycles. The molecule has 90 valence electrons. The Labute approximate surface area is 106 Å². The molecule has 0 aliphatic carbocycles. The van der Waals surface area contributed by atoms with Crippen LogP contribution in [-0.2, 0) is 0 Å². The second-order valence-electron chi connectivity index (χ2n) is 3.88. The minimum absolute atomic E-state index is 0.382. The maximum absolute atomic E-state index is 5.29. The average Bonchev–Trinajstić information content (AvgIpc) is 2.70. The van der Waals surface area contributed by atoms with Gasteiger partial charge in [0, 0.05) is 11.6 Å². The van der Waals surface area contributed by atoms with E-state index in [1.807, 2.05) is 12.1 Å². The molecule has 3 heteroatoms. The number of hydrogen-bond acceptors (Lipinski definition) is 2. The summed E-state index contributed by atoms with van der Waals surface area (Å²) in [6.45, 7) is 6.97. The Balaban J connectivity index is 2.56. The summed E-state index contributed by atoms with van der Waals surface area (Å²) in [5, 5.41) is 3.55. The molecule has 0 saturated heterocycles. The van der Waals surface area contributed by atoms with Crippen molar-refractivity contribution in [2.75, 3.05) is 6.54 Å². The van der Waals surface area contributed by atoms with Gasteiger partial charge in [-0.3, -0.25) is 0 Å². The van der Waals surface area contributed by atoms with Gasteiger partial charge in [-0.05, 0) is 54.2 Å². The van der Waals surface area contributed by atoms with Crippen molar-refractivity contribution in [3.05, 3.63) is 35.2 Å². The SMILES string of the molecule is C=CCCCC(NCCC)c1ccoc1Br. The number of unbranched alkanes of at least 4 members (excludes halogenated alkanes) is 1. The van der Waals surface area contributed by atoms with Gasteiger partial charge < -0.3 is 9.73 Å². The number of hydrogen-bond donors (Lipinski definition) is 1. The fourth-order valence-corrected chi connectivity index (χ4v) is 2.22. The van der Waals surface area contributed by atoms with Gasteiger partial charge in [0.1, 0.15) is 0 Å². The van der Waals surface area contributed by atoms with E-state index in [1.165, 1.54) is 5.56 Å². The molecule has 0 amide bonds. The fourth-order valence-electron chi connectivity index (χ4n) is 1.71. The summed E-state index contributed by atoms with van der Waals surface area (Å²) in [7, 11) is 0. The standard InChI is InChI=1S/C13H20BrNO/c1-3-5-6-7-12(15-9-4-2)11-8-10-16-13(11)14/h3,8,10,12,15H,1,4-7,9H2,2H3. The largest absolute Gasteiger partial charge is 0.457 e. The van der Waals surface area contributed by atoms with Crippen LogP contribution in [0.15, 0.2) is 34.1 Å². The van der Waals surface area contributed by atoms with Crippen LogP contribution in [0.2, 0.25) is 0 Å². The highest BCUT2D eigenvalue weighted by atomic mass is 79.9. The van der Waals surface area contributed by atoms with Gasteiger partial charge in [0.2, 0.25) is 0 Å². The van der Waals surface area contributed by atoms with E-state index in [4.69, 9.17) is 4.42 Å². The molecule has 1 atom stereocenters. The lowest BCUT2D eigenvalue weighted by molar-refractivity contribution is 0.469. The summed E-state index contributed by atoms with van der Waals surface area (Å²) in [5.74, 6) is 0. The minimum atomic E-state index is 0.382. The zero-order valence-electron chi connectivity index (χ0n) is 9.84. The molecule has 0 aliphatic rings. The summed E-state index contributed by atoms with van der Waals surface area (Å²) >= 11 is 3.44. The predicted molar refractivity (Wildman–Crippen MR) is 71.5 cm³/mol. The Hall–Kier alpha value is -0.540. The van der Waals surface area contributed by atoms with Crippen LogP contribution in [0.3, 0.4) is 0 Å². The van der Waals surface area contributed by atoms with Crippen LogP contribution in [0, 0.1) is 0 Å². The van der Waals surface area contributed by atoms with Crippen molar-refractivity contribution in [1.82, 2.24) is 5.32 Å². The van der Waals surface area contributed by atoms with E-state index in [0.717, 1.165) is 36.9 Å². The normalized spacial score (nSPS) is 12.6. The topological polar surface area (TPSA) is 25.2 Å². The molecule has 0 bridgehead atoms. The van der Waals surface area contributed by atoms with Crippen molar-refractivity contribution in [3.63, 3.8) is 0 Å². The highest BCUT2D eigenvalue weighted by molar-refractivity contribution is 9.10. The van der Waals surface area contributed by atoms with Gasteiger partial charge in [0.25, 0.3) is 0 Å². The second-order valence-corrected chi connectivity index (χ2v) is 4.60. The number of allylic oxidation sites excluding steroid dienone is 1. The molecule has 16 heavy (non-hydrogen) atoms. The van der Waals surface area contributed by atoms with E-state index < -0.39 is 0 Å². The summed E-state index contributed by atoms with van der Waals surface area (Å²) in [6.07, 6.45) is 8.19. The summed E-state index contributed by atoms with van der Waals surface area (Å²) in [6, 6.07) is 2.42. The van der Waals surface area contributed by atoms with E-state index in [2.05, 4.69) is 34.7 Å². The Morgan fingerprint density at radius 3 is 3.00 bits per heavy atom. The molecule has 0 aliphatic heterocycles. The Bertz CT molecular complexity index is 309. The molecule has 0 fully saturated rings. The average molecular weight is 286 g/mol. The number of nitrogens with one attached hydrogen (secondary N) is 1. The van der Waals surface area contributed by atoms with Gasteiger partial charge in [-0.2, -0.15) is 0 Å². The lowest BCUT2D eigenvalue weighted by Crippen LogP contribution is -2.22. The van der Waals surface area contributed by atoms with Gasteiger partial charge in [-0.25, -0.2) is 0 Å². The van der Waals surface area contributed by atoms with Crippen LogP contribution in [-0.4, -0.2) is 6.54 Å². The summed E-state index contributed by atoms with van der Waals surface area (Å²) < 4.78 is 6.14. The molecule has 1 rings (SSSR count). The predicted octanol–water partition coefficient (Wildman–Crippen LogP) is 4.44. The van der Waals surface area contributed by atoms with E-state index in [-0.39, 0.29) is 0 Å². The number of halogens is 1. The molecule has 1 N–H and O–H groups in total. The monoisotopic (exact) mass is 285 g/mol. The smallest absolute Gasteiger partial charge is 0.173 e. The first kappa shape index (κ1) is 13.5. The van der Waals surface area contributed by atoms with Crippen LogP contribution in [0.1, 0.15) is 44.2 Å². The van der Waals surface area contributed by atoms with Crippen molar-refractivity contribution >= 4 is 15.9 Å². The maximum atomic E-state index is 5.29. The molecule has 1 unspecified atom stereocenters. The first-order valence-electron chi connectivity index (χ1n) is 5.86. The first-order chi connectivity index (χ1) is 7.79. The lowest BCUT2D eigenvalue weighted by atomic mass is 10.0. The lowest BCUT2D eigenvalue weighted by Gasteiger charge is -2.17. The first-order valence-corrected chi connectivity index (χ1v) is 6.66. The van der Waals surface area contributed by atoms with E-state index in [1.54, 1.807) is 6.26 Å². The van der Waals surface area contributed by atoms with Crippen LogP contribution < -0.4 is 5.32 Å². The van der Waals surface area contributed by atoms with E-state index in [9.17, 15) is 0 Å². The van der Waals surface area contributed by atoms with Crippen LogP contribution in [0.4, 0.5) is 0 Å². The Morgan fingerprint density at radius 2 is 2.44 bits per heavy atom. The molecule has 0 aromatic carbocycles. The van der Waals surface area contributed by atoms with Gasteiger partial charge in [0.15, 0.2) is 4.67 Å². The Morgan fingerprint density at radius 1 is 1.62 bits per heavy atom. The van der Waals surface area contributed by atoms with Crippen LogP contribution in [0.25, 0.3) is 0 Å². The quantitative estimate of drug-likeness (QED) is 0.564. The van der Waals surface area contributed by atoms with Crippen molar-refractivity contribution in [2.45, 2.75) is 38.6 Å². The zero-order chi connectivity index (χ0) is 11.8. The van der Waals surface area contributed by atoms with Gasteiger partial charge in [0.05, 0.1) is 6.26 Å². The maximum Gasteiger partial charge on any atom is 0.173 e. The number of furan rings is 1. The van der Waals surface area contributed by atoms with Gasteiger partial charge in [-0.1, -0.05) is 13.0 Å². The fraction of sp³-hybridized carbons (Fsp3) is 0.538. The van der Waals surface area contributed by atoms with E-state index in [0.29, 0.717) is 6.04 Å². The second kappa shape index (κ2) is 7.69. The third-order valence-electron chi connectivity index (χ3n) is 2.56. The van der Waals surface area contributed by atoms with E-state index >= 15 is 0 Å². The van der Waals surface area contributed by atoms with Crippen LogP contribution >= 0.6 is 15.9 Å². The Kier molecular flexibility index (Phi) is 6.50. The summed E-state index contributed by atoms with van der Waals surface area (Å²) in [4.78, 5) is 0. The molecule has 0 spiro atoms. The highest BCUT2D eigenvalue weighted by Crippen LogP contribution is 2.28. The zero-order valence-corrected chi connectivity index (χ0v) is 11.4. The highest BCUT2D eigenvalue weighted by Gasteiger charge is 2.15. The van der Waals surface area contributed by atoms with Gasteiger partial charge in [-0.15, -0.1) is 6.58 Å². The van der Waals surface area contributed by atoms with Crippen molar-refractivity contribution < 1.29 is 4.42 Å². The number of rotatable bonds is 8. The van der Waals surface area contributed by atoms with Crippen molar-refractivity contribution in [1.29, 1.82) is 0 Å². The molecular weight excluding hydrogens is 266 g/mol. The molecular formula is C13H20BrNO. The van der Waals surface area contributed by atoms with Crippen LogP contribution in [0.5, 0.6) is 0 Å². The third-order valence-corrected chi connectivity index (χ3v) is 3.21. The van der Waals surface area contributed by atoms with Gasteiger partial charge >= 0.3 is 0 Å². The molecule has 1 aromatic heterocycles. The molecule has 0 radical (unpaired) electrons. The van der Waals surface area contributed by atoms with Crippen molar-refractivity contribution in [2.24, 2.45) is 0 Å². The summed E-state index contributed by atoms with van der Waals surface area (Å²) in [5.41, 5.74) is 1.22. The molecule has 2 nitrogen and oxygen atoms in total. The third kappa shape index (κ3) is 4.14.